The number of H-pyrrole nitrogens is 1. The third-order valence-electron chi connectivity index (χ3n) is 13.8. The van der Waals surface area contributed by atoms with E-state index in [1.54, 1.807) is 88.6 Å². The number of hydrogen-bond donors (Lipinski definition) is 9. The summed E-state index contributed by atoms with van der Waals surface area (Å²) in [5.74, 6) is -4.26. The summed E-state index contributed by atoms with van der Waals surface area (Å²) in [5.41, 5.74) is 2.43. The Morgan fingerprint density at radius 2 is 0.867 bits per heavy atom. The van der Waals surface area contributed by atoms with Crippen LogP contribution >= 0.6 is 0 Å². The lowest BCUT2D eigenvalue weighted by atomic mass is 10.0. The van der Waals surface area contributed by atoms with E-state index in [2.05, 4.69) is 52.7 Å². The number of nitrogens with zero attached hydrogens (tertiary/aromatic N) is 3. The number of nitrogens with one attached hydrogen (secondary N) is 9. The largest absolute Gasteiger partial charge is 0.348 e. The van der Waals surface area contributed by atoms with Gasteiger partial charge in [-0.2, -0.15) is 5.10 Å². The number of aromatic amines is 1. The van der Waals surface area contributed by atoms with Gasteiger partial charge in [0.2, 0.25) is 23.6 Å². The summed E-state index contributed by atoms with van der Waals surface area (Å²) in [6.45, 7) is 6.77. The van der Waals surface area contributed by atoms with Gasteiger partial charge in [-0.1, -0.05) is 121 Å². The van der Waals surface area contributed by atoms with Gasteiger partial charge >= 0.3 is 0 Å². The molecule has 75 heavy (non-hydrogen) atoms. The van der Waals surface area contributed by atoms with Gasteiger partial charge < -0.3 is 52.3 Å². The zero-order chi connectivity index (χ0) is 53.8. The molecule has 2 fully saturated rings. The molecule has 4 aromatic carbocycles. The standard InChI is InChI=1S/C55H66N12O8/c1-32(36-19-11-7-12-20-36)58-52(72)44-27-40(30-66(44)54(74)46(38-23-15-9-16-24-38)62-48(68)34(3)56-5)60-50(70)42-29-43(65-64-42)51(71)61-41-28-45(53(73)59-33(2)37-21-13-8-14-22-37)67(31-41)55(75)47(39-25-17-10-18-26-39)63-49(69)35(4)57-6/h7-26,29,32-35,40-41,44-47,56-57H,27-28,30-31H2,1-6H3,(H,58,72)(H,59,73)(H,60,70)(H,61,71)(H,62,68)(H,63,69)(H,64,65)/t32-,33-,34+,35+,40+,41+,44+,45+,46+,47+/m1/s1. The zero-order valence-electron chi connectivity index (χ0n) is 42.8. The number of amides is 8. The first-order valence-corrected chi connectivity index (χ1v) is 25.1. The fourth-order valence-corrected chi connectivity index (χ4v) is 9.21. The lowest BCUT2D eigenvalue weighted by Gasteiger charge is -2.30. The van der Waals surface area contributed by atoms with Gasteiger partial charge in [-0.15, -0.1) is 0 Å². The molecular weight excluding hydrogens is 957 g/mol. The lowest BCUT2D eigenvalue weighted by Crippen LogP contribution is -2.52. The van der Waals surface area contributed by atoms with E-state index < -0.39 is 108 Å². The van der Waals surface area contributed by atoms with Gasteiger partial charge in [0.05, 0.1) is 24.2 Å². The molecule has 7 rings (SSSR count). The Balaban J connectivity index is 1.08. The lowest BCUT2D eigenvalue weighted by molar-refractivity contribution is -0.142. The van der Waals surface area contributed by atoms with Gasteiger partial charge in [-0.05, 0) is 76.9 Å². The topological polar surface area (TPSA) is 268 Å². The number of rotatable bonds is 20. The van der Waals surface area contributed by atoms with E-state index in [9.17, 15) is 38.4 Å². The van der Waals surface area contributed by atoms with E-state index in [4.69, 9.17) is 0 Å². The van der Waals surface area contributed by atoms with E-state index in [1.165, 1.54) is 15.9 Å². The Hall–Kier alpha value is -8.23. The summed E-state index contributed by atoms with van der Waals surface area (Å²) in [4.78, 5) is 115. The van der Waals surface area contributed by atoms with Gasteiger partial charge in [0, 0.05) is 31.2 Å². The highest BCUT2D eigenvalue weighted by molar-refractivity contribution is 5.99. The average Bonchev–Trinajstić information content (AvgIpc) is 4.22. The van der Waals surface area contributed by atoms with Gasteiger partial charge in [0.1, 0.15) is 29.9 Å². The number of carbonyl (C=O) groups is 8. The Labute approximate surface area is 435 Å². The molecule has 0 radical (unpaired) electrons. The van der Waals surface area contributed by atoms with Crippen LogP contribution in [-0.4, -0.2) is 131 Å². The van der Waals surface area contributed by atoms with Crippen molar-refractivity contribution in [2.75, 3.05) is 27.2 Å². The van der Waals surface area contributed by atoms with Crippen molar-refractivity contribution < 1.29 is 38.4 Å². The maximum absolute atomic E-state index is 14.7. The first-order chi connectivity index (χ1) is 36.1. The van der Waals surface area contributed by atoms with Crippen LogP contribution in [-0.2, 0) is 28.8 Å². The van der Waals surface area contributed by atoms with E-state index in [1.807, 2.05) is 74.5 Å². The van der Waals surface area contributed by atoms with Crippen LogP contribution < -0.4 is 42.5 Å². The minimum atomic E-state index is -1.16. The maximum atomic E-state index is 14.7. The Morgan fingerprint density at radius 3 is 1.24 bits per heavy atom. The molecule has 2 saturated heterocycles. The molecule has 9 N–H and O–H groups in total. The van der Waals surface area contributed by atoms with E-state index in [-0.39, 0.29) is 37.3 Å². The van der Waals surface area contributed by atoms with Crippen molar-refractivity contribution in [2.45, 2.75) is 101 Å². The zero-order valence-corrected chi connectivity index (χ0v) is 42.8. The van der Waals surface area contributed by atoms with Crippen LogP contribution in [0.1, 0.15) is 108 Å². The molecule has 5 aromatic rings. The van der Waals surface area contributed by atoms with Crippen molar-refractivity contribution in [3.8, 4) is 0 Å². The highest BCUT2D eigenvalue weighted by Gasteiger charge is 2.45. The SMILES string of the molecule is CN[C@@H](C)C(=O)N[C@H](C(=O)N1C[C@@H](NC(=O)c2cc(C(=O)N[C@H]3C[C@@H](C(=O)N[C@H](C)c4ccccc4)N(C(=O)[C@@H](NC(=O)[C@H](C)NC)c4ccccc4)C3)[nH]n2)C[C@H]1C(=O)N[C@H](C)c1ccccc1)c1ccccc1. The van der Waals surface area contributed by atoms with Crippen LogP contribution in [0.15, 0.2) is 127 Å². The van der Waals surface area contributed by atoms with Crippen molar-refractivity contribution in [3.05, 3.63) is 161 Å². The van der Waals surface area contributed by atoms with Gasteiger partial charge in [0.15, 0.2) is 5.69 Å². The molecule has 20 heteroatoms. The Kier molecular flexibility index (Phi) is 18.3. The molecule has 8 amide bonds. The quantitative estimate of drug-likeness (QED) is 0.0547. The smallest absolute Gasteiger partial charge is 0.272 e. The van der Waals surface area contributed by atoms with Crippen molar-refractivity contribution in [1.29, 1.82) is 0 Å². The molecule has 394 valence electrons. The predicted octanol–water partition coefficient (Wildman–Crippen LogP) is 2.49. The molecule has 0 spiro atoms. The second-order valence-electron chi connectivity index (χ2n) is 19.0. The maximum Gasteiger partial charge on any atom is 0.272 e. The summed E-state index contributed by atoms with van der Waals surface area (Å²) >= 11 is 0. The Morgan fingerprint density at radius 1 is 0.507 bits per heavy atom. The third kappa shape index (κ3) is 13.5. The van der Waals surface area contributed by atoms with Crippen molar-refractivity contribution >= 4 is 47.3 Å². The molecule has 0 saturated carbocycles. The highest BCUT2D eigenvalue weighted by Crippen LogP contribution is 2.28. The van der Waals surface area contributed by atoms with Crippen molar-refractivity contribution in [2.24, 2.45) is 0 Å². The van der Waals surface area contributed by atoms with Crippen LogP contribution in [0.3, 0.4) is 0 Å². The molecule has 0 unspecified atom stereocenters. The van der Waals surface area contributed by atoms with Crippen molar-refractivity contribution in [1.82, 2.24) is 62.5 Å². The minimum absolute atomic E-state index is 0.0179. The average molecular weight is 1020 g/mol. The number of likely N-dealkylation sites (N-methyl/N-ethyl adjacent to an activating group) is 2. The molecule has 3 heterocycles. The first kappa shape index (κ1) is 54.5. The number of aromatic nitrogens is 2. The molecule has 0 bridgehead atoms. The second kappa shape index (κ2) is 25.1. The minimum Gasteiger partial charge on any atom is -0.348 e. The molecule has 20 nitrogen and oxygen atoms in total. The van der Waals surface area contributed by atoms with Crippen LogP contribution in [0.2, 0.25) is 0 Å². The summed E-state index contributed by atoms with van der Waals surface area (Å²) < 4.78 is 0. The first-order valence-electron chi connectivity index (χ1n) is 25.1. The third-order valence-corrected chi connectivity index (χ3v) is 13.8. The molecule has 2 aliphatic rings. The summed E-state index contributed by atoms with van der Waals surface area (Å²) in [5, 5.41) is 30.0. The van der Waals surface area contributed by atoms with Gasteiger partial charge in [-0.3, -0.25) is 43.5 Å². The van der Waals surface area contributed by atoms with E-state index >= 15 is 0 Å². The normalized spacial score (nSPS) is 19.5. The number of likely N-dealkylation sites (tertiary alicyclic amines) is 2. The fraction of sp³-hybridized carbons (Fsp3) is 0.364. The van der Waals surface area contributed by atoms with Crippen LogP contribution in [0.25, 0.3) is 0 Å². The van der Waals surface area contributed by atoms with Gasteiger partial charge in [0.25, 0.3) is 23.6 Å². The monoisotopic (exact) mass is 1020 g/mol. The fourth-order valence-electron chi connectivity index (χ4n) is 9.21. The summed E-state index contributed by atoms with van der Waals surface area (Å²) in [7, 11) is 3.25. The summed E-state index contributed by atoms with van der Waals surface area (Å²) in [6.07, 6.45) is 0.0395. The number of hydrogen-bond acceptors (Lipinski definition) is 11. The molecular formula is C55H66N12O8. The predicted molar refractivity (Wildman–Crippen MR) is 279 cm³/mol. The highest BCUT2D eigenvalue weighted by atomic mass is 16.2. The van der Waals surface area contributed by atoms with Gasteiger partial charge in [-0.25, -0.2) is 0 Å². The second-order valence-corrected chi connectivity index (χ2v) is 19.0. The van der Waals surface area contributed by atoms with E-state index in [0.29, 0.717) is 11.1 Å². The number of benzene rings is 4. The van der Waals surface area contributed by atoms with Crippen LogP contribution in [0.5, 0.6) is 0 Å². The molecule has 0 aliphatic carbocycles. The number of carbonyl (C=O) groups excluding carboxylic acids is 8. The van der Waals surface area contributed by atoms with Crippen molar-refractivity contribution in [3.63, 3.8) is 0 Å². The Bertz CT molecular complexity index is 2610. The molecule has 10 atom stereocenters. The molecule has 1 aromatic heterocycles. The van der Waals surface area contributed by atoms with Crippen LogP contribution in [0.4, 0.5) is 0 Å². The summed E-state index contributed by atoms with van der Waals surface area (Å²) in [6, 6.07) is 29.2. The van der Waals surface area contributed by atoms with E-state index in [0.717, 1.165) is 11.1 Å². The van der Waals surface area contributed by atoms with Crippen LogP contribution in [0, 0.1) is 0 Å². The molecule has 2 aliphatic heterocycles.